The monoisotopic (exact) mass is 491 g/mol. The minimum Gasteiger partial charge on any atom is -0.491 e. The Kier molecular flexibility index (Phi) is 7.33. The molecule has 1 fully saturated rings. The van der Waals surface area contributed by atoms with Gasteiger partial charge in [-0.2, -0.15) is 10.1 Å². The van der Waals surface area contributed by atoms with Crippen LogP contribution in [0.25, 0.3) is 5.57 Å². The van der Waals surface area contributed by atoms with Crippen molar-refractivity contribution in [3.05, 3.63) is 53.5 Å². The first-order valence-corrected chi connectivity index (χ1v) is 11.3. The number of aryl methyl sites for hydroxylation is 1. The number of ether oxygens (including phenoxy) is 2. The number of hydrogen-bond acceptors (Lipinski definition) is 10. The Bertz CT molecular complexity index is 1280. The lowest BCUT2D eigenvalue weighted by atomic mass is 10.1. The van der Waals surface area contributed by atoms with E-state index in [4.69, 9.17) is 25.2 Å². The molecular formula is C24H29N9O3. The molecule has 12 heteroatoms. The smallest absolute Gasteiger partial charge is 0.410 e. The maximum absolute atomic E-state index is 11.7. The van der Waals surface area contributed by atoms with Gasteiger partial charge in [0.1, 0.15) is 12.3 Å². The number of carbonyl (C=O) groups excluding carboxylic acids is 1. The number of cyclic esters (lactones) is 1. The number of nitrogens with two attached hydrogens (primary N) is 1. The molecule has 3 aromatic rings. The molecule has 1 aromatic carbocycles. The number of aliphatic imine (C=N–C) groups is 1. The zero-order chi connectivity index (χ0) is 25.7. The van der Waals surface area contributed by atoms with Gasteiger partial charge in [0.05, 0.1) is 13.7 Å². The molecule has 1 aliphatic rings. The number of aromatic amines is 1. The fourth-order valence-corrected chi connectivity index (χ4v) is 3.72. The number of rotatable bonds is 9. The summed E-state index contributed by atoms with van der Waals surface area (Å²) < 4.78 is 10.7. The number of nitrogens with one attached hydrogen (secondary N) is 2. The van der Waals surface area contributed by atoms with Crippen LogP contribution in [-0.2, 0) is 11.3 Å². The highest BCUT2D eigenvalue weighted by molar-refractivity contribution is 6.10. The van der Waals surface area contributed by atoms with Crippen molar-refractivity contribution in [2.75, 3.05) is 44.6 Å². The minimum atomic E-state index is -0.290. The third-order valence-corrected chi connectivity index (χ3v) is 5.57. The number of allylic oxidation sites excluding steroid dienone is 1. The van der Waals surface area contributed by atoms with Crippen molar-refractivity contribution in [3.63, 3.8) is 0 Å². The number of methoxy groups -OCH3 is 1. The van der Waals surface area contributed by atoms with E-state index in [-0.39, 0.29) is 6.09 Å². The van der Waals surface area contributed by atoms with Crippen LogP contribution < -0.4 is 20.7 Å². The molecule has 0 bridgehead atoms. The molecule has 1 saturated heterocycles. The standard InChI is InChI=1S/C24H29N9O3/c1-15-11-19(31-30-15)27-22-21(35-4)20(17(12-25)13-26-2)28-23(29-22)32(3)18-7-5-16(6-8-18)14-33-9-10-36-24(33)34/h5-8,11-13H,9-10,14,25H2,1-4H3,(H2,27,28,29,30,31)/b17-12+,26-13?. The third kappa shape index (κ3) is 5.22. The van der Waals surface area contributed by atoms with Gasteiger partial charge in [0.25, 0.3) is 0 Å². The normalized spacial score (nSPS) is 13.8. The SMILES string of the molecule is CN=C/C(=C\N)c1nc(N(C)c2ccc(CN3CCOC3=O)cc2)nc(Nc2cc(C)[nH]n2)c1OC. The van der Waals surface area contributed by atoms with Crippen molar-refractivity contribution in [3.8, 4) is 5.75 Å². The predicted octanol–water partition coefficient (Wildman–Crippen LogP) is 2.98. The van der Waals surface area contributed by atoms with E-state index in [0.717, 1.165) is 16.9 Å². The number of carbonyl (C=O) groups is 1. The van der Waals surface area contributed by atoms with E-state index in [0.29, 0.717) is 54.3 Å². The van der Waals surface area contributed by atoms with Crippen LogP contribution in [0.3, 0.4) is 0 Å². The van der Waals surface area contributed by atoms with Gasteiger partial charge in [-0.25, -0.2) is 9.78 Å². The molecule has 36 heavy (non-hydrogen) atoms. The summed E-state index contributed by atoms with van der Waals surface area (Å²) in [5.41, 5.74) is 9.67. The van der Waals surface area contributed by atoms with Crippen molar-refractivity contribution in [2.24, 2.45) is 10.7 Å². The van der Waals surface area contributed by atoms with Crippen LogP contribution >= 0.6 is 0 Å². The maximum Gasteiger partial charge on any atom is 0.410 e. The lowest BCUT2D eigenvalue weighted by molar-refractivity contribution is 0.157. The maximum atomic E-state index is 11.7. The van der Waals surface area contributed by atoms with Crippen LogP contribution in [0.2, 0.25) is 0 Å². The zero-order valence-corrected chi connectivity index (χ0v) is 20.6. The van der Waals surface area contributed by atoms with Gasteiger partial charge < -0.3 is 30.3 Å². The molecule has 0 spiro atoms. The Labute approximate surface area is 208 Å². The Morgan fingerprint density at radius 2 is 2.14 bits per heavy atom. The van der Waals surface area contributed by atoms with Crippen LogP contribution in [0.4, 0.5) is 28.1 Å². The second-order valence-corrected chi connectivity index (χ2v) is 8.09. The van der Waals surface area contributed by atoms with Crippen LogP contribution in [-0.4, -0.2) is 71.7 Å². The van der Waals surface area contributed by atoms with Crippen molar-refractivity contribution in [2.45, 2.75) is 13.5 Å². The topological polar surface area (TPSA) is 147 Å². The van der Waals surface area contributed by atoms with Crippen LogP contribution in [0.5, 0.6) is 5.75 Å². The van der Waals surface area contributed by atoms with Crippen LogP contribution in [0.1, 0.15) is 17.0 Å². The molecule has 1 amide bonds. The summed E-state index contributed by atoms with van der Waals surface area (Å²) in [6.45, 7) is 3.41. The second-order valence-electron chi connectivity index (χ2n) is 8.09. The van der Waals surface area contributed by atoms with Gasteiger partial charge in [-0.3, -0.25) is 10.1 Å². The molecule has 4 N–H and O–H groups in total. The largest absolute Gasteiger partial charge is 0.491 e. The number of anilines is 4. The summed E-state index contributed by atoms with van der Waals surface area (Å²) >= 11 is 0. The van der Waals surface area contributed by atoms with E-state index < -0.39 is 0 Å². The van der Waals surface area contributed by atoms with Gasteiger partial charge >= 0.3 is 6.09 Å². The summed E-state index contributed by atoms with van der Waals surface area (Å²) in [6, 6.07) is 9.67. The Morgan fingerprint density at radius 3 is 2.72 bits per heavy atom. The zero-order valence-electron chi connectivity index (χ0n) is 20.6. The lowest BCUT2D eigenvalue weighted by Crippen LogP contribution is -2.23. The Balaban J connectivity index is 1.69. The van der Waals surface area contributed by atoms with Crippen molar-refractivity contribution >= 4 is 41.2 Å². The third-order valence-electron chi connectivity index (χ3n) is 5.57. The van der Waals surface area contributed by atoms with E-state index >= 15 is 0 Å². The first-order chi connectivity index (χ1) is 17.4. The number of amides is 1. The highest BCUT2D eigenvalue weighted by Crippen LogP contribution is 2.35. The number of benzene rings is 1. The predicted molar refractivity (Wildman–Crippen MR) is 138 cm³/mol. The fraction of sp³-hybridized carbons (Fsp3) is 0.292. The van der Waals surface area contributed by atoms with Gasteiger partial charge in [-0.05, 0) is 24.6 Å². The average Bonchev–Trinajstić information content (AvgIpc) is 3.49. The van der Waals surface area contributed by atoms with Gasteiger partial charge in [0.2, 0.25) is 5.95 Å². The first-order valence-electron chi connectivity index (χ1n) is 11.3. The summed E-state index contributed by atoms with van der Waals surface area (Å²) in [5.74, 6) is 1.80. The van der Waals surface area contributed by atoms with Gasteiger partial charge in [0.15, 0.2) is 17.4 Å². The van der Waals surface area contributed by atoms with E-state index in [1.807, 2.05) is 49.2 Å². The molecule has 4 rings (SSSR count). The molecule has 3 heterocycles. The van der Waals surface area contributed by atoms with Crippen LogP contribution in [0.15, 0.2) is 41.5 Å². The van der Waals surface area contributed by atoms with E-state index in [1.165, 1.54) is 6.20 Å². The highest BCUT2D eigenvalue weighted by atomic mass is 16.6. The molecule has 188 valence electrons. The summed E-state index contributed by atoms with van der Waals surface area (Å²) in [4.78, 5) is 28.8. The second kappa shape index (κ2) is 10.8. The molecule has 0 aliphatic carbocycles. The molecule has 12 nitrogen and oxygen atoms in total. The fourth-order valence-electron chi connectivity index (χ4n) is 3.72. The summed E-state index contributed by atoms with van der Waals surface area (Å²) in [6.07, 6.45) is 2.74. The number of nitrogens with zero attached hydrogens (tertiary/aromatic N) is 6. The number of H-pyrrole nitrogens is 1. The van der Waals surface area contributed by atoms with E-state index in [1.54, 1.807) is 25.3 Å². The van der Waals surface area contributed by atoms with E-state index in [2.05, 4.69) is 20.5 Å². The molecule has 2 aromatic heterocycles. The minimum absolute atomic E-state index is 0.290. The Morgan fingerprint density at radius 1 is 1.36 bits per heavy atom. The number of aromatic nitrogens is 4. The molecule has 1 aliphatic heterocycles. The summed E-state index contributed by atoms with van der Waals surface area (Å²) in [5, 5.41) is 10.3. The van der Waals surface area contributed by atoms with Gasteiger partial charge in [-0.15, -0.1) is 0 Å². The molecule has 0 radical (unpaired) electrons. The lowest BCUT2D eigenvalue weighted by Gasteiger charge is -2.21. The Hall–Kier alpha value is -4.61. The quantitative estimate of drug-likeness (QED) is 0.384. The molecule has 0 unspecified atom stereocenters. The summed E-state index contributed by atoms with van der Waals surface area (Å²) in [7, 11) is 5.05. The number of hydrogen-bond donors (Lipinski definition) is 3. The molecular weight excluding hydrogens is 462 g/mol. The van der Waals surface area contributed by atoms with Crippen molar-refractivity contribution < 1.29 is 14.3 Å². The van der Waals surface area contributed by atoms with Gasteiger partial charge in [-0.1, -0.05) is 12.1 Å². The first kappa shape index (κ1) is 24.5. The van der Waals surface area contributed by atoms with Crippen molar-refractivity contribution in [1.29, 1.82) is 0 Å². The molecule has 0 saturated carbocycles. The average molecular weight is 492 g/mol. The highest BCUT2D eigenvalue weighted by Gasteiger charge is 2.23. The molecule has 0 atom stereocenters. The van der Waals surface area contributed by atoms with Crippen molar-refractivity contribution in [1.82, 2.24) is 25.1 Å². The van der Waals surface area contributed by atoms with Crippen LogP contribution in [0, 0.1) is 6.92 Å². The van der Waals surface area contributed by atoms with E-state index in [9.17, 15) is 4.79 Å². The van der Waals surface area contributed by atoms with Gasteiger partial charge in [0, 0.05) is 56.1 Å².